The second kappa shape index (κ2) is 12.0. The number of nitrogens with one attached hydrogen (secondary N) is 2. The van der Waals surface area contributed by atoms with Gasteiger partial charge in [-0.15, -0.1) is 0 Å². The van der Waals surface area contributed by atoms with Crippen molar-refractivity contribution in [2.75, 3.05) is 13.1 Å². The lowest BCUT2D eigenvalue weighted by molar-refractivity contribution is -0.148. The highest BCUT2D eigenvalue weighted by Crippen LogP contribution is 2.60. The Labute approximate surface area is 334 Å². The highest BCUT2D eigenvalue weighted by atomic mass is 16.6. The van der Waals surface area contributed by atoms with E-state index in [2.05, 4.69) is 58.5 Å². The van der Waals surface area contributed by atoms with E-state index in [0.29, 0.717) is 13.1 Å². The third kappa shape index (κ3) is 4.68. The maximum atomic E-state index is 14.0. The van der Waals surface area contributed by atoms with Gasteiger partial charge in [-0.3, -0.25) is 19.2 Å². The minimum absolute atomic E-state index is 0.0226. The number of likely N-dealkylation sites (tertiary alicyclic amines) is 2. The fourth-order valence-corrected chi connectivity index (χ4v) is 13.3. The molecule has 0 unspecified atom stereocenters. The molecule has 58 heavy (non-hydrogen) atoms. The summed E-state index contributed by atoms with van der Waals surface area (Å²) in [6.07, 6.45) is 7.09. The van der Waals surface area contributed by atoms with Crippen LogP contribution in [0, 0.1) is 47.3 Å². The molecule has 294 valence electrons. The summed E-state index contributed by atoms with van der Waals surface area (Å²) in [5.41, 5.74) is 7.94. The number of carbonyl (C=O) groups is 4. The number of hydrogen-bond acceptors (Lipinski definition) is 8. The molecule has 3 aromatic carbocycles. The van der Waals surface area contributed by atoms with Crippen LogP contribution < -0.4 is 0 Å². The van der Waals surface area contributed by atoms with E-state index in [4.69, 9.17) is 19.4 Å². The molecule has 12 atom stereocenters. The van der Waals surface area contributed by atoms with Crippen molar-refractivity contribution in [1.29, 1.82) is 0 Å². The van der Waals surface area contributed by atoms with Crippen LogP contribution in [0.15, 0.2) is 60.7 Å². The van der Waals surface area contributed by atoms with Gasteiger partial charge in [-0.2, -0.15) is 0 Å². The number of aromatic nitrogens is 4. The molecule has 0 radical (unpaired) electrons. The van der Waals surface area contributed by atoms with Crippen LogP contribution in [0.1, 0.15) is 75.1 Å². The number of nitrogens with zero attached hydrogens (tertiary/aromatic N) is 4. The van der Waals surface area contributed by atoms with Crippen molar-refractivity contribution in [2.24, 2.45) is 47.3 Å². The first-order chi connectivity index (χ1) is 28.3. The molecule has 4 aliphatic carbocycles. The van der Waals surface area contributed by atoms with Crippen molar-refractivity contribution in [3.63, 3.8) is 0 Å². The summed E-state index contributed by atoms with van der Waals surface area (Å²) in [6, 6.07) is 20.9. The zero-order valence-electron chi connectivity index (χ0n) is 32.0. The first-order valence-corrected chi connectivity index (χ1v) is 21.5. The molecule has 4 saturated carbocycles. The monoisotopic (exact) mass is 776 g/mol. The summed E-state index contributed by atoms with van der Waals surface area (Å²) in [7, 11) is 0. The van der Waals surface area contributed by atoms with Crippen molar-refractivity contribution < 1.29 is 28.7 Å². The molecule has 8 aliphatic rings. The van der Waals surface area contributed by atoms with Gasteiger partial charge in [0.15, 0.2) is 0 Å². The summed E-state index contributed by atoms with van der Waals surface area (Å²) in [6.45, 7) is 1.38. The van der Waals surface area contributed by atoms with Gasteiger partial charge in [0.05, 0.1) is 57.8 Å². The Morgan fingerprint density at radius 3 is 1.47 bits per heavy atom. The standard InChI is InChI=1S/C46H44N6O6/c53-43(37-25-15-27-35(19-25)57-45(55)39(27)37)51-13-1-3-33(51)41-47-29-11-9-23(17-31(29)49-41)21-5-7-22(8-6-21)24-10-12-30-32(18-24)50-42(48-30)34-4-2-14-52(34)44(54)38-26-16-28-36(20-26)58-46(56)40(28)38/h5-12,17-18,25-28,33-40H,1-4,13-16,19-20H2,(H,47,49)(H,48,50)/t25-,26-,27+,28+,33+,34+,35-,36-,37+,38+,39-,40-/m1/s1. The van der Waals surface area contributed by atoms with Crippen molar-refractivity contribution in [3.05, 3.63) is 72.3 Å². The lowest BCUT2D eigenvalue weighted by atomic mass is 9.79. The smallest absolute Gasteiger partial charge is 0.310 e. The van der Waals surface area contributed by atoms with Gasteiger partial charge in [-0.05, 0) is 110 Å². The predicted octanol–water partition coefficient (Wildman–Crippen LogP) is 6.50. The van der Waals surface area contributed by atoms with Crippen molar-refractivity contribution >= 4 is 45.8 Å². The third-order valence-corrected chi connectivity index (χ3v) is 15.8. The minimum atomic E-state index is -0.271. The summed E-state index contributed by atoms with van der Waals surface area (Å²) in [5, 5.41) is 0. The number of aromatic amines is 2. The highest BCUT2D eigenvalue weighted by Gasteiger charge is 2.66. The lowest BCUT2D eigenvalue weighted by Crippen LogP contribution is -2.42. The van der Waals surface area contributed by atoms with Crippen molar-refractivity contribution in [2.45, 2.75) is 75.7 Å². The molecule has 12 heteroatoms. The largest absolute Gasteiger partial charge is 0.462 e. The molecular weight excluding hydrogens is 733 g/mol. The Hall–Kier alpha value is -5.52. The molecule has 4 saturated heterocycles. The maximum Gasteiger partial charge on any atom is 0.310 e. The Balaban J connectivity index is 0.719. The van der Waals surface area contributed by atoms with Crippen LogP contribution in [0.25, 0.3) is 44.3 Å². The van der Waals surface area contributed by atoms with Gasteiger partial charge in [0.1, 0.15) is 23.9 Å². The van der Waals surface area contributed by atoms with E-state index >= 15 is 0 Å². The molecule has 8 fully saturated rings. The number of amides is 2. The lowest BCUT2D eigenvalue weighted by Gasteiger charge is -2.31. The Morgan fingerprint density at radius 1 is 0.586 bits per heavy atom. The SMILES string of the molecule is O=C1O[C@@H]2C[C@H]3C[C@@H]2[C@@H]1[C@H]3C(=O)N1CCC[C@H]1c1nc2ccc(-c3ccc(-c4ccc5nc([C@@H]6CCCN6C(=O)[C@H]6[C@@H]7C[C@@H]8[C@H]6C(=O)O[C@@H]8C7)[nH]c5c4)cc3)cc2[nH]1. The number of carbonyl (C=O) groups excluding carboxylic acids is 4. The Bertz CT molecular complexity index is 2420. The Morgan fingerprint density at radius 2 is 1.02 bits per heavy atom. The van der Waals surface area contributed by atoms with Gasteiger partial charge in [0, 0.05) is 24.9 Å². The molecule has 2 aromatic heterocycles. The summed E-state index contributed by atoms with van der Waals surface area (Å²) in [4.78, 5) is 74.5. The fourth-order valence-electron chi connectivity index (χ4n) is 13.3. The van der Waals surface area contributed by atoms with E-state index in [9.17, 15) is 19.2 Å². The molecule has 4 aliphatic heterocycles. The molecule has 13 rings (SSSR count). The first-order valence-electron chi connectivity index (χ1n) is 21.5. The fraction of sp³-hybridized carbons (Fsp3) is 0.478. The molecule has 6 heterocycles. The number of hydrogen-bond donors (Lipinski definition) is 2. The van der Waals surface area contributed by atoms with Gasteiger partial charge in [0.25, 0.3) is 0 Å². The van der Waals surface area contributed by atoms with E-state index in [0.717, 1.165) is 107 Å². The minimum Gasteiger partial charge on any atom is -0.462 e. The normalized spacial score (nSPS) is 35.3. The van der Waals surface area contributed by atoms with E-state index in [-0.39, 0.29) is 95.4 Å². The van der Waals surface area contributed by atoms with Gasteiger partial charge < -0.3 is 29.2 Å². The second-order valence-corrected chi connectivity index (χ2v) is 18.5. The Kier molecular flexibility index (Phi) is 6.93. The molecular formula is C46H44N6O6. The average molecular weight is 777 g/mol. The number of rotatable bonds is 6. The average Bonchev–Trinajstić information content (AvgIpc) is 4.08. The maximum absolute atomic E-state index is 14.0. The molecule has 5 aromatic rings. The molecule has 0 spiro atoms. The molecule has 12 nitrogen and oxygen atoms in total. The van der Waals surface area contributed by atoms with E-state index < -0.39 is 0 Å². The van der Waals surface area contributed by atoms with E-state index in [1.807, 2.05) is 21.9 Å². The van der Waals surface area contributed by atoms with Crippen LogP contribution in [0.2, 0.25) is 0 Å². The summed E-state index contributed by atoms with van der Waals surface area (Å²) >= 11 is 0. The molecule has 2 N–H and O–H groups in total. The van der Waals surface area contributed by atoms with Crippen LogP contribution in [0.4, 0.5) is 0 Å². The topological polar surface area (TPSA) is 151 Å². The zero-order valence-corrected chi connectivity index (χ0v) is 32.0. The summed E-state index contributed by atoms with van der Waals surface area (Å²) < 4.78 is 11.3. The first kappa shape index (κ1) is 33.5. The van der Waals surface area contributed by atoms with E-state index in [1.54, 1.807) is 0 Å². The van der Waals surface area contributed by atoms with Crippen LogP contribution >= 0.6 is 0 Å². The quantitative estimate of drug-likeness (QED) is 0.186. The molecule has 2 amide bonds. The van der Waals surface area contributed by atoms with Gasteiger partial charge in [0.2, 0.25) is 11.8 Å². The van der Waals surface area contributed by atoms with E-state index in [1.165, 1.54) is 0 Å². The van der Waals surface area contributed by atoms with Crippen LogP contribution in [0.3, 0.4) is 0 Å². The van der Waals surface area contributed by atoms with Gasteiger partial charge in [-0.1, -0.05) is 36.4 Å². The number of benzene rings is 3. The van der Waals surface area contributed by atoms with Gasteiger partial charge >= 0.3 is 11.9 Å². The highest BCUT2D eigenvalue weighted by molar-refractivity contribution is 5.90. The number of H-pyrrole nitrogens is 2. The number of esters is 2. The van der Waals surface area contributed by atoms with Crippen molar-refractivity contribution in [3.8, 4) is 22.3 Å². The molecule has 4 bridgehead atoms. The number of fused-ring (bicyclic) bond motifs is 4. The van der Waals surface area contributed by atoms with Crippen LogP contribution in [0.5, 0.6) is 0 Å². The second-order valence-electron chi connectivity index (χ2n) is 18.5. The summed E-state index contributed by atoms with van der Waals surface area (Å²) in [5.74, 6) is 1.35. The predicted molar refractivity (Wildman–Crippen MR) is 210 cm³/mol. The zero-order chi connectivity index (χ0) is 38.6. The van der Waals surface area contributed by atoms with Crippen molar-refractivity contribution in [1.82, 2.24) is 29.7 Å². The number of ether oxygens (including phenoxy) is 2. The third-order valence-electron chi connectivity index (χ3n) is 15.8. The van der Waals surface area contributed by atoms with Crippen LogP contribution in [-0.2, 0) is 28.7 Å². The van der Waals surface area contributed by atoms with Crippen LogP contribution in [-0.4, -0.2) is 78.8 Å². The van der Waals surface area contributed by atoms with Gasteiger partial charge in [-0.25, -0.2) is 9.97 Å². The number of imidazole rings is 2.